The minimum Gasteiger partial charge on any atom is -0.332 e. The molecule has 0 saturated carbocycles. The molecule has 22 heavy (non-hydrogen) atoms. The molecular formula is C18H22N2OS. The third-order valence-electron chi connectivity index (χ3n) is 3.64. The molecule has 0 spiro atoms. The average molecular weight is 314 g/mol. The predicted molar refractivity (Wildman–Crippen MR) is 92.6 cm³/mol. The molecule has 0 fully saturated rings. The third kappa shape index (κ3) is 4.53. The van der Waals surface area contributed by atoms with Crippen LogP contribution < -0.4 is 0 Å². The molecule has 1 aromatic heterocycles. The van der Waals surface area contributed by atoms with E-state index in [1.165, 1.54) is 0 Å². The highest BCUT2D eigenvalue weighted by Crippen LogP contribution is 2.13. The van der Waals surface area contributed by atoms with Crippen molar-refractivity contribution in [2.75, 3.05) is 0 Å². The number of hydrogen-bond donors (Lipinski definition) is 0. The van der Waals surface area contributed by atoms with Gasteiger partial charge in [-0.05, 0) is 31.9 Å². The lowest BCUT2D eigenvalue weighted by molar-refractivity contribution is -0.128. The molecule has 1 unspecified atom stereocenters. The Morgan fingerprint density at radius 3 is 2.68 bits per heavy atom. The van der Waals surface area contributed by atoms with Crippen molar-refractivity contribution in [2.24, 2.45) is 0 Å². The van der Waals surface area contributed by atoms with Crippen LogP contribution in [0.5, 0.6) is 0 Å². The average Bonchev–Trinajstić information content (AvgIpc) is 2.96. The highest BCUT2D eigenvalue weighted by Gasteiger charge is 2.17. The molecule has 0 bridgehead atoms. The molecule has 0 N–H and O–H groups in total. The molecule has 4 heteroatoms. The van der Waals surface area contributed by atoms with Gasteiger partial charge in [0.1, 0.15) is 0 Å². The van der Waals surface area contributed by atoms with Crippen LogP contribution in [0.1, 0.15) is 36.5 Å². The lowest BCUT2D eigenvalue weighted by atomic mass is 10.1. The number of aryl methyl sites for hydroxylation is 1. The molecule has 1 atom stereocenters. The van der Waals surface area contributed by atoms with Crippen molar-refractivity contribution in [3.05, 3.63) is 58.1 Å². The fourth-order valence-corrected chi connectivity index (χ4v) is 2.74. The number of rotatable bonds is 6. The number of aromatic nitrogens is 1. The van der Waals surface area contributed by atoms with Crippen molar-refractivity contribution in [2.45, 2.75) is 39.8 Å². The van der Waals surface area contributed by atoms with E-state index in [4.69, 9.17) is 0 Å². The van der Waals surface area contributed by atoms with Crippen LogP contribution in [0.4, 0.5) is 0 Å². The summed E-state index contributed by atoms with van der Waals surface area (Å²) in [5.74, 6) is 0.0313. The first-order valence-electron chi connectivity index (χ1n) is 7.55. The maximum absolute atomic E-state index is 12.5. The highest BCUT2D eigenvalue weighted by molar-refractivity contribution is 7.09. The van der Waals surface area contributed by atoms with E-state index in [2.05, 4.69) is 31.0 Å². The molecule has 1 amide bonds. The molecule has 1 aromatic carbocycles. The van der Waals surface area contributed by atoms with Gasteiger partial charge in [-0.15, -0.1) is 11.3 Å². The smallest absolute Gasteiger partial charge is 0.247 e. The fourth-order valence-electron chi connectivity index (χ4n) is 2.16. The molecule has 1 heterocycles. The Hall–Kier alpha value is -1.94. The zero-order valence-electron chi connectivity index (χ0n) is 13.3. The maximum atomic E-state index is 12.5. The second-order valence-corrected chi connectivity index (χ2v) is 6.40. The number of amides is 1. The molecule has 116 valence electrons. The van der Waals surface area contributed by atoms with Gasteiger partial charge in [0.15, 0.2) is 0 Å². The van der Waals surface area contributed by atoms with E-state index >= 15 is 0 Å². The van der Waals surface area contributed by atoms with Crippen molar-refractivity contribution in [1.29, 1.82) is 0 Å². The van der Waals surface area contributed by atoms with Gasteiger partial charge in [0.2, 0.25) is 5.91 Å². The van der Waals surface area contributed by atoms with Gasteiger partial charge in [0, 0.05) is 24.0 Å². The molecule has 0 aliphatic heterocycles. The summed E-state index contributed by atoms with van der Waals surface area (Å²) in [7, 11) is 0. The normalized spacial score (nSPS) is 12.5. The van der Waals surface area contributed by atoms with Crippen molar-refractivity contribution >= 4 is 23.3 Å². The molecule has 0 aliphatic rings. The third-order valence-corrected chi connectivity index (χ3v) is 4.43. The minimum atomic E-state index is 0.0313. The monoisotopic (exact) mass is 314 g/mol. The number of carbonyl (C=O) groups excluding carboxylic acids is 1. The molecule has 2 aromatic rings. The van der Waals surface area contributed by atoms with Gasteiger partial charge in [-0.3, -0.25) is 4.79 Å². The van der Waals surface area contributed by atoms with Gasteiger partial charge >= 0.3 is 0 Å². The number of benzene rings is 1. The van der Waals surface area contributed by atoms with Crippen LogP contribution in [-0.4, -0.2) is 21.8 Å². The molecule has 3 nitrogen and oxygen atoms in total. The summed E-state index contributed by atoms with van der Waals surface area (Å²) in [5.41, 5.74) is 1.99. The topological polar surface area (TPSA) is 33.2 Å². The first-order chi connectivity index (χ1) is 10.6. The van der Waals surface area contributed by atoms with Crippen LogP contribution >= 0.6 is 11.3 Å². The maximum Gasteiger partial charge on any atom is 0.247 e. The molecule has 0 saturated heterocycles. The quantitative estimate of drug-likeness (QED) is 0.745. The Balaban J connectivity index is 2.11. The van der Waals surface area contributed by atoms with E-state index in [-0.39, 0.29) is 11.9 Å². The van der Waals surface area contributed by atoms with Crippen molar-refractivity contribution in [1.82, 2.24) is 9.88 Å². The van der Waals surface area contributed by atoms with Crippen LogP contribution in [-0.2, 0) is 11.3 Å². The summed E-state index contributed by atoms with van der Waals surface area (Å²) in [4.78, 5) is 18.8. The van der Waals surface area contributed by atoms with Gasteiger partial charge in [-0.2, -0.15) is 0 Å². The van der Waals surface area contributed by atoms with Gasteiger partial charge < -0.3 is 4.90 Å². The Morgan fingerprint density at radius 2 is 2.09 bits per heavy atom. The number of carbonyl (C=O) groups is 1. The summed E-state index contributed by atoms with van der Waals surface area (Å²) < 4.78 is 0. The van der Waals surface area contributed by atoms with Crippen molar-refractivity contribution in [3.63, 3.8) is 0 Å². The number of hydrogen-bond acceptors (Lipinski definition) is 3. The summed E-state index contributed by atoms with van der Waals surface area (Å²) in [6.07, 6.45) is 4.36. The van der Waals surface area contributed by atoms with Crippen LogP contribution in [0.3, 0.4) is 0 Å². The Bertz CT molecular complexity index is 634. The second kappa shape index (κ2) is 7.90. The predicted octanol–water partition coefficient (Wildman–Crippen LogP) is 4.29. The molecule has 0 aliphatic carbocycles. The highest BCUT2D eigenvalue weighted by atomic mass is 32.1. The number of nitrogens with zero attached hydrogens (tertiary/aromatic N) is 2. The minimum absolute atomic E-state index is 0.0313. The summed E-state index contributed by atoms with van der Waals surface area (Å²) in [6.45, 7) is 6.78. The van der Waals surface area contributed by atoms with Gasteiger partial charge in [0.05, 0.1) is 10.7 Å². The first kappa shape index (κ1) is 16.4. The zero-order valence-corrected chi connectivity index (χ0v) is 14.1. The van der Waals surface area contributed by atoms with Crippen molar-refractivity contribution in [3.8, 4) is 0 Å². The van der Waals surface area contributed by atoms with Gasteiger partial charge in [-0.25, -0.2) is 4.98 Å². The van der Waals surface area contributed by atoms with E-state index in [0.717, 1.165) is 22.7 Å². The Morgan fingerprint density at radius 1 is 1.36 bits per heavy atom. The number of thiazole rings is 1. The van der Waals surface area contributed by atoms with Crippen molar-refractivity contribution < 1.29 is 4.79 Å². The summed E-state index contributed by atoms with van der Waals surface area (Å²) in [6, 6.07) is 10.3. The van der Waals surface area contributed by atoms with Gasteiger partial charge in [0.25, 0.3) is 0 Å². The van der Waals surface area contributed by atoms with E-state index in [9.17, 15) is 4.79 Å². The second-order valence-electron chi connectivity index (χ2n) is 5.33. The first-order valence-corrected chi connectivity index (χ1v) is 8.43. The van der Waals surface area contributed by atoms with E-state index < -0.39 is 0 Å². The van der Waals surface area contributed by atoms with E-state index in [1.54, 1.807) is 23.5 Å². The van der Waals surface area contributed by atoms with Gasteiger partial charge in [-0.1, -0.05) is 37.3 Å². The molecular weight excluding hydrogens is 292 g/mol. The fraction of sp³-hybridized carbons (Fsp3) is 0.333. The molecule has 2 rings (SSSR count). The lowest BCUT2D eigenvalue weighted by Gasteiger charge is -2.27. The van der Waals surface area contributed by atoms with Crippen LogP contribution in [0.15, 0.2) is 41.8 Å². The van der Waals surface area contributed by atoms with E-state index in [0.29, 0.717) is 6.54 Å². The van der Waals surface area contributed by atoms with E-state index in [1.807, 2.05) is 35.4 Å². The van der Waals surface area contributed by atoms with Crippen LogP contribution in [0.2, 0.25) is 0 Å². The lowest BCUT2D eigenvalue weighted by Crippen LogP contribution is -2.36. The summed E-state index contributed by atoms with van der Waals surface area (Å²) >= 11 is 1.59. The zero-order chi connectivity index (χ0) is 15.9. The SMILES string of the molecule is CCC(C)N(Cc1ccccc1)C(=O)/C=C/c1csc(C)n1. The van der Waals surface area contributed by atoms with Crippen LogP contribution in [0.25, 0.3) is 6.08 Å². The largest absolute Gasteiger partial charge is 0.332 e. The Labute approximate surface area is 136 Å². The molecule has 0 radical (unpaired) electrons. The standard InChI is InChI=1S/C18H22N2OS/c1-4-14(2)20(12-16-8-6-5-7-9-16)18(21)11-10-17-13-22-15(3)19-17/h5-11,13-14H,4,12H2,1-3H3/b11-10+. The Kier molecular flexibility index (Phi) is 5.90. The summed E-state index contributed by atoms with van der Waals surface area (Å²) in [5, 5.41) is 2.97. The van der Waals surface area contributed by atoms with Crippen LogP contribution in [0, 0.1) is 6.92 Å².